The first-order chi connectivity index (χ1) is 6.91. The SMILES string of the molecule is CS1(N)CCCCCS(C)(N)CCCC1. The topological polar surface area (TPSA) is 52.0 Å². The molecule has 2 nitrogen and oxygen atoms in total. The van der Waals surface area contributed by atoms with Crippen molar-refractivity contribution in [2.24, 2.45) is 10.3 Å². The normalized spacial score (nSPS) is 49.3. The van der Waals surface area contributed by atoms with Gasteiger partial charge in [0, 0.05) is 0 Å². The van der Waals surface area contributed by atoms with Crippen molar-refractivity contribution in [2.45, 2.75) is 32.1 Å². The van der Waals surface area contributed by atoms with E-state index >= 15 is 0 Å². The highest BCUT2D eigenvalue weighted by Gasteiger charge is 2.16. The van der Waals surface area contributed by atoms with Crippen LogP contribution in [0.4, 0.5) is 0 Å². The maximum absolute atomic E-state index is 6.35. The van der Waals surface area contributed by atoms with E-state index < -0.39 is 20.4 Å². The number of hydrogen-bond acceptors (Lipinski definition) is 2. The molecule has 0 spiro atoms. The van der Waals surface area contributed by atoms with Crippen LogP contribution >= 0.6 is 20.4 Å². The average molecular weight is 252 g/mol. The van der Waals surface area contributed by atoms with Crippen LogP contribution in [0.25, 0.3) is 0 Å². The lowest BCUT2D eigenvalue weighted by Gasteiger charge is -2.32. The van der Waals surface area contributed by atoms with Crippen molar-refractivity contribution in [3.63, 3.8) is 0 Å². The Kier molecular flexibility index (Phi) is 5.29. The molecule has 1 aliphatic heterocycles. The van der Waals surface area contributed by atoms with Crippen LogP contribution < -0.4 is 10.3 Å². The van der Waals surface area contributed by atoms with Crippen LogP contribution in [0.15, 0.2) is 0 Å². The molecule has 1 rings (SSSR count). The van der Waals surface area contributed by atoms with Crippen molar-refractivity contribution in [1.29, 1.82) is 0 Å². The van der Waals surface area contributed by atoms with E-state index in [1.165, 1.54) is 55.1 Å². The highest BCUT2D eigenvalue weighted by Crippen LogP contribution is 2.41. The third-order valence-corrected chi connectivity index (χ3v) is 8.08. The lowest BCUT2D eigenvalue weighted by atomic mass is 10.3. The van der Waals surface area contributed by atoms with Gasteiger partial charge in [0.05, 0.1) is 0 Å². The number of nitrogens with two attached hydrogens (primary N) is 2. The number of rotatable bonds is 0. The average Bonchev–Trinajstić information content (AvgIpc) is 2.13. The third-order valence-electron chi connectivity index (χ3n) is 3.19. The van der Waals surface area contributed by atoms with E-state index in [0.717, 1.165) is 0 Å². The maximum Gasteiger partial charge on any atom is -0.0114 e. The summed E-state index contributed by atoms with van der Waals surface area (Å²) in [6.07, 6.45) is 11.1. The van der Waals surface area contributed by atoms with Gasteiger partial charge >= 0.3 is 0 Å². The molecular formula is C11H28N2S2. The minimum atomic E-state index is -0.767. The molecule has 1 heterocycles. The summed E-state index contributed by atoms with van der Waals surface area (Å²) in [5, 5.41) is 12.7. The molecule has 15 heavy (non-hydrogen) atoms. The van der Waals surface area contributed by atoms with Crippen LogP contribution in [-0.2, 0) is 0 Å². The lowest BCUT2D eigenvalue weighted by Crippen LogP contribution is -2.18. The Balaban J connectivity index is 2.44. The van der Waals surface area contributed by atoms with E-state index in [1.807, 2.05) is 0 Å². The van der Waals surface area contributed by atoms with E-state index in [0.29, 0.717) is 0 Å². The molecule has 0 amide bonds. The maximum atomic E-state index is 6.35. The molecule has 1 fully saturated rings. The fourth-order valence-electron chi connectivity index (χ4n) is 2.11. The molecule has 0 aromatic rings. The van der Waals surface area contributed by atoms with Gasteiger partial charge in [-0.3, -0.25) is 10.3 Å². The monoisotopic (exact) mass is 252 g/mol. The van der Waals surface area contributed by atoms with Crippen LogP contribution in [0, 0.1) is 0 Å². The van der Waals surface area contributed by atoms with Crippen LogP contribution in [0.2, 0.25) is 0 Å². The third kappa shape index (κ3) is 6.05. The first-order valence-electron chi connectivity index (χ1n) is 5.94. The summed E-state index contributed by atoms with van der Waals surface area (Å²) in [6.45, 7) is 0. The van der Waals surface area contributed by atoms with Gasteiger partial charge in [0.1, 0.15) is 0 Å². The predicted octanol–water partition coefficient (Wildman–Crippen LogP) is 2.57. The molecule has 2 unspecified atom stereocenters. The molecule has 0 aliphatic carbocycles. The molecule has 4 N–H and O–H groups in total. The van der Waals surface area contributed by atoms with Gasteiger partial charge in [-0.2, -0.15) is 20.4 Å². The zero-order chi connectivity index (χ0) is 11.4. The molecule has 0 radical (unpaired) electrons. The van der Waals surface area contributed by atoms with E-state index in [9.17, 15) is 0 Å². The molecular weight excluding hydrogens is 224 g/mol. The van der Waals surface area contributed by atoms with Gasteiger partial charge in [-0.1, -0.05) is 6.42 Å². The van der Waals surface area contributed by atoms with Crippen molar-refractivity contribution in [2.75, 3.05) is 35.5 Å². The molecule has 0 aromatic heterocycles. The van der Waals surface area contributed by atoms with Crippen LogP contribution in [0.3, 0.4) is 0 Å². The first-order valence-corrected chi connectivity index (χ1v) is 10.8. The molecule has 4 heteroatoms. The van der Waals surface area contributed by atoms with Crippen LogP contribution in [0.5, 0.6) is 0 Å². The van der Waals surface area contributed by atoms with Crippen LogP contribution in [-0.4, -0.2) is 35.5 Å². The van der Waals surface area contributed by atoms with Crippen molar-refractivity contribution in [1.82, 2.24) is 0 Å². The number of hydrogen-bond donors (Lipinski definition) is 2. The summed E-state index contributed by atoms with van der Waals surface area (Å²) in [5.41, 5.74) is 0. The fraction of sp³-hybridized carbons (Fsp3) is 1.00. The summed E-state index contributed by atoms with van der Waals surface area (Å²) in [5.74, 6) is 5.04. The van der Waals surface area contributed by atoms with Crippen molar-refractivity contribution >= 4 is 20.4 Å². The zero-order valence-electron chi connectivity index (χ0n) is 10.3. The van der Waals surface area contributed by atoms with E-state index in [2.05, 4.69) is 12.5 Å². The molecule has 1 aliphatic rings. The second kappa shape index (κ2) is 5.80. The van der Waals surface area contributed by atoms with Crippen LogP contribution in [0.1, 0.15) is 32.1 Å². The van der Waals surface area contributed by atoms with Gasteiger partial charge in [-0.15, -0.1) is 0 Å². The van der Waals surface area contributed by atoms with Gasteiger partial charge < -0.3 is 0 Å². The second-order valence-electron chi connectivity index (χ2n) is 5.29. The Bertz CT molecular complexity index is 173. The molecule has 0 bridgehead atoms. The highest BCUT2D eigenvalue weighted by atomic mass is 32.3. The minimum absolute atomic E-state index is 0.767. The molecule has 1 saturated heterocycles. The summed E-state index contributed by atoms with van der Waals surface area (Å²) in [6, 6.07) is 0. The Morgan fingerprint density at radius 1 is 0.600 bits per heavy atom. The lowest BCUT2D eigenvalue weighted by molar-refractivity contribution is 0.780. The van der Waals surface area contributed by atoms with E-state index in [1.54, 1.807) is 0 Å². The Morgan fingerprint density at radius 2 is 0.867 bits per heavy atom. The fourth-order valence-corrected chi connectivity index (χ4v) is 5.97. The predicted molar refractivity (Wildman–Crippen MR) is 78.0 cm³/mol. The summed E-state index contributed by atoms with van der Waals surface area (Å²) in [4.78, 5) is 0. The molecule has 2 atom stereocenters. The van der Waals surface area contributed by atoms with Gasteiger partial charge in [-0.05, 0) is 61.2 Å². The molecule has 0 aromatic carbocycles. The standard InChI is InChI=1S/C11H28N2S2/c1-14(12)8-4-3-5-9-15(2,13)11-7-6-10-14/h3-13H2,1-2H3. The van der Waals surface area contributed by atoms with Crippen molar-refractivity contribution < 1.29 is 0 Å². The quantitative estimate of drug-likeness (QED) is 0.696. The molecule has 0 saturated carbocycles. The Hall–Kier alpha value is 0.620. The van der Waals surface area contributed by atoms with E-state index in [-0.39, 0.29) is 0 Å². The Morgan fingerprint density at radius 3 is 1.20 bits per heavy atom. The summed E-state index contributed by atoms with van der Waals surface area (Å²) < 4.78 is 0. The summed E-state index contributed by atoms with van der Waals surface area (Å²) >= 11 is 0. The highest BCUT2D eigenvalue weighted by molar-refractivity contribution is 8.31. The molecule has 94 valence electrons. The first kappa shape index (κ1) is 13.7. The second-order valence-corrected chi connectivity index (χ2v) is 12.3. The van der Waals surface area contributed by atoms with Crippen molar-refractivity contribution in [3.8, 4) is 0 Å². The zero-order valence-corrected chi connectivity index (χ0v) is 12.0. The van der Waals surface area contributed by atoms with Gasteiger partial charge in [0.2, 0.25) is 0 Å². The summed E-state index contributed by atoms with van der Waals surface area (Å²) in [7, 11) is -1.53. The van der Waals surface area contributed by atoms with Crippen molar-refractivity contribution in [3.05, 3.63) is 0 Å². The van der Waals surface area contributed by atoms with Gasteiger partial charge in [0.15, 0.2) is 0 Å². The largest absolute Gasteiger partial charge is 0.294 e. The minimum Gasteiger partial charge on any atom is -0.294 e. The smallest absolute Gasteiger partial charge is 0.0114 e. The Labute approximate surface area is 98.5 Å². The van der Waals surface area contributed by atoms with Gasteiger partial charge in [-0.25, -0.2) is 0 Å². The van der Waals surface area contributed by atoms with E-state index in [4.69, 9.17) is 10.3 Å². The van der Waals surface area contributed by atoms with Gasteiger partial charge in [0.25, 0.3) is 0 Å².